The SMILES string of the molecule is Cc1csc(CNCCC(N)=NO)n1. The van der Waals surface area contributed by atoms with Crippen molar-refractivity contribution in [2.75, 3.05) is 6.54 Å². The summed E-state index contributed by atoms with van der Waals surface area (Å²) in [5.41, 5.74) is 6.35. The highest BCUT2D eigenvalue weighted by molar-refractivity contribution is 7.09. The van der Waals surface area contributed by atoms with E-state index in [0.717, 1.165) is 17.2 Å². The first-order chi connectivity index (χ1) is 6.72. The molecule has 0 aliphatic heterocycles. The van der Waals surface area contributed by atoms with Crippen molar-refractivity contribution in [3.63, 3.8) is 0 Å². The van der Waals surface area contributed by atoms with Crippen LogP contribution in [0.3, 0.4) is 0 Å². The van der Waals surface area contributed by atoms with E-state index < -0.39 is 0 Å². The zero-order chi connectivity index (χ0) is 10.4. The minimum atomic E-state index is 0.243. The van der Waals surface area contributed by atoms with Crippen molar-refractivity contribution in [2.24, 2.45) is 10.9 Å². The monoisotopic (exact) mass is 214 g/mol. The number of hydrogen-bond acceptors (Lipinski definition) is 5. The van der Waals surface area contributed by atoms with Gasteiger partial charge in [-0.25, -0.2) is 4.98 Å². The Hall–Kier alpha value is -1.14. The Morgan fingerprint density at radius 2 is 2.57 bits per heavy atom. The molecule has 0 saturated carbocycles. The van der Waals surface area contributed by atoms with Crippen molar-refractivity contribution >= 4 is 17.2 Å². The molecule has 0 saturated heterocycles. The number of thiazole rings is 1. The minimum Gasteiger partial charge on any atom is -0.409 e. The molecule has 0 aliphatic carbocycles. The normalized spacial score (nSPS) is 11.9. The van der Waals surface area contributed by atoms with Gasteiger partial charge in [-0.3, -0.25) is 0 Å². The third kappa shape index (κ3) is 3.71. The first kappa shape index (κ1) is 10.9. The van der Waals surface area contributed by atoms with E-state index in [-0.39, 0.29) is 5.84 Å². The molecule has 0 fully saturated rings. The largest absolute Gasteiger partial charge is 0.409 e. The van der Waals surface area contributed by atoms with Gasteiger partial charge in [-0.1, -0.05) is 5.16 Å². The van der Waals surface area contributed by atoms with E-state index in [9.17, 15) is 0 Å². The highest BCUT2D eigenvalue weighted by Gasteiger charge is 1.98. The topological polar surface area (TPSA) is 83.5 Å². The molecule has 78 valence electrons. The van der Waals surface area contributed by atoms with Crippen molar-refractivity contribution in [3.8, 4) is 0 Å². The lowest BCUT2D eigenvalue weighted by Crippen LogP contribution is -2.21. The third-order valence-corrected chi connectivity index (χ3v) is 2.60. The lowest BCUT2D eigenvalue weighted by molar-refractivity contribution is 0.316. The fourth-order valence-electron chi connectivity index (χ4n) is 0.946. The van der Waals surface area contributed by atoms with Gasteiger partial charge in [0.2, 0.25) is 0 Å². The maximum Gasteiger partial charge on any atom is 0.140 e. The average molecular weight is 214 g/mol. The second-order valence-electron chi connectivity index (χ2n) is 2.90. The molecule has 1 heterocycles. The lowest BCUT2D eigenvalue weighted by atomic mass is 10.4. The Kier molecular flexibility index (Phi) is 4.34. The average Bonchev–Trinajstić information content (AvgIpc) is 2.58. The van der Waals surface area contributed by atoms with E-state index in [2.05, 4.69) is 15.5 Å². The molecule has 1 aromatic rings. The summed E-state index contributed by atoms with van der Waals surface area (Å²) in [6.45, 7) is 3.39. The molecule has 0 radical (unpaired) electrons. The second-order valence-corrected chi connectivity index (χ2v) is 3.84. The van der Waals surface area contributed by atoms with Gasteiger partial charge in [-0.2, -0.15) is 0 Å². The minimum absolute atomic E-state index is 0.243. The molecule has 1 rings (SSSR count). The van der Waals surface area contributed by atoms with Crippen LogP contribution in [0.25, 0.3) is 0 Å². The van der Waals surface area contributed by atoms with Gasteiger partial charge < -0.3 is 16.3 Å². The Bertz CT molecular complexity index is 310. The summed E-state index contributed by atoms with van der Waals surface area (Å²) in [7, 11) is 0. The molecule has 1 aromatic heterocycles. The van der Waals surface area contributed by atoms with Crippen molar-refractivity contribution in [1.82, 2.24) is 10.3 Å². The predicted molar refractivity (Wildman–Crippen MR) is 56.6 cm³/mol. The molecule has 0 aromatic carbocycles. The fraction of sp³-hybridized carbons (Fsp3) is 0.500. The Labute approximate surface area is 86.6 Å². The van der Waals surface area contributed by atoms with Gasteiger partial charge >= 0.3 is 0 Å². The Balaban J connectivity index is 2.16. The van der Waals surface area contributed by atoms with E-state index in [1.54, 1.807) is 11.3 Å². The maximum atomic E-state index is 8.28. The van der Waals surface area contributed by atoms with Crippen molar-refractivity contribution < 1.29 is 5.21 Å². The molecule has 0 bridgehead atoms. The number of nitrogens with one attached hydrogen (secondary N) is 1. The summed E-state index contributed by atoms with van der Waals surface area (Å²) in [5.74, 6) is 0.243. The van der Waals surface area contributed by atoms with Gasteiger partial charge in [0.15, 0.2) is 0 Å². The molecule has 0 atom stereocenters. The quantitative estimate of drug-likeness (QED) is 0.221. The van der Waals surface area contributed by atoms with E-state index >= 15 is 0 Å². The van der Waals surface area contributed by atoms with E-state index in [1.165, 1.54) is 0 Å². The number of oxime groups is 1. The number of amidine groups is 1. The zero-order valence-electron chi connectivity index (χ0n) is 8.03. The van der Waals surface area contributed by atoms with Crippen LogP contribution in [0.1, 0.15) is 17.1 Å². The first-order valence-electron chi connectivity index (χ1n) is 4.30. The molecule has 0 amide bonds. The van der Waals surface area contributed by atoms with Crippen LogP contribution in [-0.2, 0) is 6.54 Å². The summed E-state index contributed by atoms with van der Waals surface area (Å²) in [6, 6.07) is 0. The van der Waals surface area contributed by atoms with Gasteiger partial charge in [0.05, 0.1) is 0 Å². The molecular weight excluding hydrogens is 200 g/mol. The third-order valence-electron chi connectivity index (χ3n) is 1.63. The number of nitrogens with zero attached hydrogens (tertiary/aromatic N) is 2. The standard InChI is InChI=1S/C8H14N4OS/c1-6-5-14-8(11-6)4-10-3-2-7(9)12-13/h5,10,13H,2-4H2,1H3,(H2,9,12). The fourth-order valence-corrected chi connectivity index (χ4v) is 1.69. The number of nitrogens with two attached hydrogens (primary N) is 1. The van der Waals surface area contributed by atoms with Crippen LogP contribution >= 0.6 is 11.3 Å². The Morgan fingerprint density at radius 1 is 1.79 bits per heavy atom. The molecule has 0 aliphatic rings. The summed E-state index contributed by atoms with van der Waals surface area (Å²) in [6.07, 6.45) is 0.543. The van der Waals surface area contributed by atoms with Crippen LogP contribution in [0.15, 0.2) is 10.5 Å². The zero-order valence-corrected chi connectivity index (χ0v) is 8.84. The van der Waals surface area contributed by atoms with E-state index in [1.807, 2.05) is 12.3 Å². The van der Waals surface area contributed by atoms with Gasteiger partial charge in [0, 0.05) is 30.6 Å². The molecule has 5 nitrogen and oxygen atoms in total. The molecule has 14 heavy (non-hydrogen) atoms. The summed E-state index contributed by atoms with van der Waals surface area (Å²) < 4.78 is 0. The van der Waals surface area contributed by atoms with E-state index in [4.69, 9.17) is 10.9 Å². The lowest BCUT2D eigenvalue weighted by Gasteiger charge is -2.00. The van der Waals surface area contributed by atoms with Gasteiger partial charge in [0.1, 0.15) is 10.8 Å². The van der Waals surface area contributed by atoms with Crippen LogP contribution in [0, 0.1) is 6.92 Å². The number of aryl methyl sites for hydroxylation is 1. The van der Waals surface area contributed by atoms with E-state index in [0.29, 0.717) is 13.0 Å². The van der Waals surface area contributed by atoms with Crippen molar-refractivity contribution in [1.29, 1.82) is 0 Å². The van der Waals surface area contributed by atoms with Crippen molar-refractivity contribution in [2.45, 2.75) is 19.9 Å². The van der Waals surface area contributed by atoms with Crippen LogP contribution in [-0.4, -0.2) is 22.6 Å². The number of rotatable bonds is 5. The smallest absolute Gasteiger partial charge is 0.140 e. The maximum absolute atomic E-state index is 8.28. The van der Waals surface area contributed by atoms with Crippen LogP contribution in [0.4, 0.5) is 0 Å². The summed E-state index contributed by atoms with van der Waals surface area (Å²) in [4.78, 5) is 4.29. The second kappa shape index (κ2) is 5.56. The molecule has 0 spiro atoms. The van der Waals surface area contributed by atoms with Crippen LogP contribution in [0.2, 0.25) is 0 Å². The predicted octanol–water partition coefficient (Wildman–Crippen LogP) is 0.678. The van der Waals surface area contributed by atoms with Gasteiger partial charge in [-0.05, 0) is 6.92 Å². The molecular formula is C8H14N4OS. The summed E-state index contributed by atoms with van der Waals surface area (Å²) >= 11 is 1.63. The highest BCUT2D eigenvalue weighted by Crippen LogP contribution is 2.07. The van der Waals surface area contributed by atoms with Crippen LogP contribution in [0.5, 0.6) is 0 Å². The molecule has 4 N–H and O–H groups in total. The highest BCUT2D eigenvalue weighted by atomic mass is 32.1. The van der Waals surface area contributed by atoms with Gasteiger partial charge in [-0.15, -0.1) is 11.3 Å². The van der Waals surface area contributed by atoms with Gasteiger partial charge in [0.25, 0.3) is 0 Å². The molecule has 0 unspecified atom stereocenters. The Morgan fingerprint density at radius 3 is 3.14 bits per heavy atom. The number of aromatic nitrogens is 1. The summed E-state index contributed by atoms with van der Waals surface area (Å²) in [5, 5.41) is 17.4. The molecule has 6 heteroatoms. The number of hydrogen-bond donors (Lipinski definition) is 3. The first-order valence-corrected chi connectivity index (χ1v) is 5.18. The van der Waals surface area contributed by atoms with Crippen molar-refractivity contribution in [3.05, 3.63) is 16.1 Å². The van der Waals surface area contributed by atoms with Crippen LogP contribution < -0.4 is 11.1 Å².